The topological polar surface area (TPSA) is 77.8 Å². The van der Waals surface area contributed by atoms with Crippen LogP contribution < -0.4 is 10.1 Å². The van der Waals surface area contributed by atoms with Crippen molar-refractivity contribution in [3.63, 3.8) is 0 Å². The molecule has 1 aromatic carbocycles. The molecule has 1 unspecified atom stereocenters. The lowest BCUT2D eigenvalue weighted by Crippen LogP contribution is -2.35. The molecular formula is C19H21NO5. The Hall–Kier alpha value is -3.02. The fourth-order valence-electron chi connectivity index (χ4n) is 2.06. The molecule has 6 nitrogen and oxygen atoms in total. The Morgan fingerprint density at radius 3 is 2.76 bits per heavy atom. The molecular weight excluding hydrogens is 322 g/mol. The minimum absolute atomic E-state index is 0.241. The van der Waals surface area contributed by atoms with E-state index in [1.54, 1.807) is 18.2 Å². The predicted molar refractivity (Wildman–Crippen MR) is 92.8 cm³/mol. The largest absolute Gasteiger partial charge is 0.493 e. The van der Waals surface area contributed by atoms with Gasteiger partial charge in [-0.25, -0.2) is 4.79 Å². The van der Waals surface area contributed by atoms with E-state index in [1.807, 2.05) is 31.2 Å². The van der Waals surface area contributed by atoms with Crippen LogP contribution in [0.25, 0.3) is 6.08 Å². The third-order valence-electron chi connectivity index (χ3n) is 3.30. The maximum Gasteiger partial charge on any atom is 0.331 e. The summed E-state index contributed by atoms with van der Waals surface area (Å²) in [4.78, 5) is 23.8. The Kier molecular flexibility index (Phi) is 6.83. The fraction of sp³-hybridized carbons (Fsp3) is 0.263. The summed E-state index contributed by atoms with van der Waals surface area (Å²) in [5.41, 5.74) is 0.760. The lowest BCUT2D eigenvalue weighted by atomic mass is 10.2. The number of hydrogen-bond acceptors (Lipinski definition) is 5. The number of amides is 1. The summed E-state index contributed by atoms with van der Waals surface area (Å²) in [7, 11) is 0. The lowest BCUT2D eigenvalue weighted by molar-refractivity contribution is -0.150. The van der Waals surface area contributed by atoms with Gasteiger partial charge in [-0.3, -0.25) is 4.79 Å². The van der Waals surface area contributed by atoms with Gasteiger partial charge in [0.05, 0.1) is 19.4 Å². The molecule has 1 N–H and O–H groups in total. The predicted octanol–water partition coefficient (Wildman–Crippen LogP) is 2.94. The third-order valence-corrected chi connectivity index (χ3v) is 3.30. The van der Waals surface area contributed by atoms with Crippen LogP contribution >= 0.6 is 0 Å². The van der Waals surface area contributed by atoms with Gasteiger partial charge in [0, 0.05) is 11.6 Å². The normalized spacial score (nSPS) is 11.9. The zero-order valence-electron chi connectivity index (χ0n) is 14.2. The van der Waals surface area contributed by atoms with Crippen LogP contribution in [0.4, 0.5) is 0 Å². The molecule has 6 heteroatoms. The summed E-state index contributed by atoms with van der Waals surface area (Å²) >= 11 is 0. The Morgan fingerprint density at radius 1 is 1.24 bits per heavy atom. The van der Waals surface area contributed by atoms with Crippen LogP contribution in [-0.2, 0) is 20.9 Å². The minimum atomic E-state index is -0.908. The highest BCUT2D eigenvalue weighted by Gasteiger charge is 2.16. The zero-order chi connectivity index (χ0) is 18.1. The molecule has 0 spiro atoms. The SMILES string of the molecule is CCOc1ccccc1/C=C/C(=O)OC(C)C(=O)NCc1ccco1. The molecule has 1 amide bonds. The number of furan rings is 1. The van der Waals surface area contributed by atoms with Gasteiger partial charge in [-0.15, -0.1) is 0 Å². The van der Waals surface area contributed by atoms with E-state index in [0.29, 0.717) is 18.1 Å². The Bertz CT molecular complexity index is 721. The maximum absolute atomic E-state index is 11.9. The second-order valence-corrected chi connectivity index (χ2v) is 5.18. The average molecular weight is 343 g/mol. The number of benzene rings is 1. The molecule has 132 valence electrons. The van der Waals surface area contributed by atoms with Gasteiger partial charge in [0.15, 0.2) is 6.10 Å². The number of carbonyl (C=O) groups excluding carboxylic acids is 2. The van der Waals surface area contributed by atoms with Crippen LogP contribution in [0.15, 0.2) is 53.2 Å². The van der Waals surface area contributed by atoms with Crippen molar-refractivity contribution < 1.29 is 23.5 Å². The van der Waals surface area contributed by atoms with Crippen LogP contribution in [0.3, 0.4) is 0 Å². The van der Waals surface area contributed by atoms with Crippen molar-refractivity contribution in [2.45, 2.75) is 26.5 Å². The molecule has 1 atom stereocenters. The number of ether oxygens (including phenoxy) is 2. The first-order chi connectivity index (χ1) is 12.1. The van der Waals surface area contributed by atoms with Crippen LogP contribution in [0, 0.1) is 0 Å². The number of nitrogens with one attached hydrogen (secondary N) is 1. The zero-order valence-corrected chi connectivity index (χ0v) is 14.2. The van der Waals surface area contributed by atoms with E-state index in [9.17, 15) is 9.59 Å². The van der Waals surface area contributed by atoms with Crippen molar-refractivity contribution in [3.05, 3.63) is 60.1 Å². The van der Waals surface area contributed by atoms with Crippen molar-refractivity contribution in [1.29, 1.82) is 0 Å². The molecule has 0 radical (unpaired) electrons. The van der Waals surface area contributed by atoms with Gasteiger partial charge >= 0.3 is 5.97 Å². The summed E-state index contributed by atoms with van der Waals surface area (Å²) in [6.07, 6.45) is 3.49. The lowest BCUT2D eigenvalue weighted by Gasteiger charge is -2.11. The van der Waals surface area contributed by atoms with E-state index in [0.717, 1.165) is 5.56 Å². The molecule has 2 rings (SSSR count). The third kappa shape index (κ3) is 5.84. The first-order valence-corrected chi connectivity index (χ1v) is 8.00. The van der Waals surface area contributed by atoms with Crippen LogP contribution in [0.5, 0.6) is 5.75 Å². The summed E-state index contributed by atoms with van der Waals surface area (Å²) in [6, 6.07) is 10.8. The molecule has 0 fully saturated rings. The fourth-order valence-corrected chi connectivity index (χ4v) is 2.06. The van der Waals surface area contributed by atoms with Gasteiger partial charge in [0.25, 0.3) is 5.91 Å². The highest BCUT2D eigenvalue weighted by atomic mass is 16.5. The molecule has 1 aromatic heterocycles. The van der Waals surface area contributed by atoms with Crippen molar-refractivity contribution in [1.82, 2.24) is 5.32 Å². The Morgan fingerprint density at radius 2 is 2.04 bits per heavy atom. The second-order valence-electron chi connectivity index (χ2n) is 5.18. The number of rotatable bonds is 8. The smallest absolute Gasteiger partial charge is 0.331 e. The molecule has 0 aliphatic heterocycles. The standard InChI is InChI=1S/C19H21NO5/c1-3-23-17-9-5-4-7-15(17)10-11-18(21)25-14(2)19(22)20-13-16-8-6-12-24-16/h4-12,14H,3,13H2,1-2H3,(H,20,22)/b11-10+. The molecule has 0 bridgehead atoms. The summed E-state index contributed by atoms with van der Waals surface area (Å²) in [5.74, 6) is 0.303. The van der Waals surface area contributed by atoms with Crippen molar-refractivity contribution >= 4 is 18.0 Å². The van der Waals surface area contributed by atoms with E-state index < -0.39 is 18.0 Å². The summed E-state index contributed by atoms with van der Waals surface area (Å²) in [5, 5.41) is 2.64. The number of para-hydroxylation sites is 1. The molecule has 0 aliphatic rings. The second kappa shape index (κ2) is 9.32. The Labute approximate surface area is 146 Å². The number of carbonyl (C=O) groups is 2. The van der Waals surface area contributed by atoms with E-state index in [2.05, 4.69) is 5.32 Å². The molecule has 0 saturated carbocycles. The van der Waals surface area contributed by atoms with Crippen molar-refractivity contribution in [2.75, 3.05) is 6.61 Å². The van der Waals surface area contributed by atoms with Gasteiger partial charge in [-0.2, -0.15) is 0 Å². The minimum Gasteiger partial charge on any atom is -0.493 e. The summed E-state index contributed by atoms with van der Waals surface area (Å²) < 4.78 is 15.7. The monoisotopic (exact) mass is 343 g/mol. The van der Waals surface area contributed by atoms with E-state index in [1.165, 1.54) is 19.3 Å². The highest BCUT2D eigenvalue weighted by molar-refractivity contribution is 5.90. The van der Waals surface area contributed by atoms with E-state index in [-0.39, 0.29) is 6.54 Å². The quantitative estimate of drug-likeness (QED) is 0.589. The van der Waals surface area contributed by atoms with Crippen LogP contribution in [-0.4, -0.2) is 24.6 Å². The molecule has 25 heavy (non-hydrogen) atoms. The van der Waals surface area contributed by atoms with Crippen LogP contribution in [0.1, 0.15) is 25.2 Å². The van der Waals surface area contributed by atoms with Gasteiger partial charge in [-0.1, -0.05) is 18.2 Å². The first-order valence-electron chi connectivity index (χ1n) is 8.00. The van der Waals surface area contributed by atoms with Gasteiger partial charge in [0.1, 0.15) is 11.5 Å². The molecule has 0 aliphatic carbocycles. The average Bonchev–Trinajstić information content (AvgIpc) is 3.12. The molecule has 1 heterocycles. The maximum atomic E-state index is 11.9. The Balaban J connectivity index is 1.85. The molecule has 0 saturated heterocycles. The number of hydrogen-bond donors (Lipinski definition) is 1. The van der Waals surface area contributed by atoms with Gasteiger partial charge in [-0.05, 0) is 38.1 Å². The number of esters is 1. The highest BCUT2D eigenvalue weighted by Crippen LogP contribution is 2.19. The van der Waals surface area contributed by atoms with Gasteiger partial charge < -0.3 is 19.2 Å². The van der Waals surface area contributed by atoms with Crippen molar-refractivity contribution in [3.8, 4) is 5.75 Å². The molecule has 2 aromatic rings. The van der Waals surface area contributed by atoms with E-state index >= 15 is 0 Å². The summed E-state index contributed by atoms with van der Waals surface area (Å²) in [6.45, 7) is 4.17. The van der Waals surface area contributed by atoms with E-state index in [4.69, 9.17) is 13.9 Å². The van der Waals surface area contributed by atoms with Gasteiger partial charge in [0.2, 0.25) is 0 Å². The first kappa shape index (κ1) is 18.3. The van der Waals surface area contributed by atoms with Crippen molar-refractivity contribution in [2.24, 2.45) is 0 Å². The van der Waals surface area contributed by atoms with Crippen LogP contribution in [0.2, 0.25) is 0 Å².